The van der Waals surface area contributed by atoms with Crippen LogP contribution in [-0.2, 0) is 0 Å². The summed E-state index contributed by atoms with van der Waals surface area (Å²) in [5, 5.41) is 2.88. The van der Waals surface area contributed by atoms with Gasteiger partial charge in [-0.25, -0.2) is 0 Å². The number of nitrogens with zero attached hydrogens (tertiary/aromatic N) is 1. The smallest absolute Gasteiger partial charge is 0.105 e. The molecule has 3 heteroatoms. The first-order chi connectivity index (χ1) is 3.35. The highest BCUT2D eigenvalue weighted by Gasteiger charge is 1.83. The molecule has 0 fully saturated rings. The zero-order valence-corrected chi connectivity index (χ0v) is 5.50. The number of aliphatic imine (C=N–C) groups is 1. The van der Waals surface area contributed by atoms with E-state index < -0.39 is 0 Å². The van der Waals surface area contributed by atoms with E-state index in [4.69, 9.17) is 0 Å². The first-order valence-electron chi connectivity index (χ1n) is 2.09. The van der Waals surface area contributed by atoms with Crippen molar-refractivity contribution in [1.29, 1.82) is 0 Å². The second-order valence-corrected chi connectivity index (χ2v) is 1.39. The minimum Gasteiger partial charge on any atom is -0.376 e. The molecule has 42 valence electrons. The van der Waals surface area contributed by atoms with Crippen LogP contribution in [0.5, 0.6) is 0 Å². The SMILES string of the molecule is CN=C(CS)NC. The lowest BCUT2D eigenvalue weighted by atomic mass is 10.7. The van der Waals surface area contributed by atoms with Crippen LogP contribution in [0.1, 0.15) is 0 Å². The molecule has 0 rings (SSSR count). The molecule has 7 heavy (non-hydrogen) atoms. The summed E-state index contributed by atoms with van der Waals surface area (Å²) in [5.41, 5.74) is 0. The van der Waals surface area contributed by atoms with Gasteiger partial charge in [0.05, 0.1) is 0 Å². The summed E-state index contributed by atoms with van der Waals surface area (Å²) in [5.74, 6) is 1.61. The molecule has 0 aliphatic rings. The van der Waals surface area contributed by atoms with E-state index in [9.17, 15) is 0 Å². The molecule has 1 N–H and O–H groups in total. The maximum absolute atomic E-state index is 3.98. The zero-order valence-electron chi connectivity index (χ0n) is 4.60. The third-order valence-electron chi connectivity index (χ3n) is 0.708. The summed E-state index contributed by atoms with van der Waals surface area (Å²) in [6.45, 7) is 0. The molecule has 0 spiro atoms. The zero-order chi connectivity index (χ0) is 5.70. The summed E-state index contributed by atoms with van der Waals surface area (Å²) >= 11 is 3.98. The van der Waals surface area contributed by atoms with Gasteiger partial charge in [-0.05, 0) is 0 Å². The Balaban J connectivity index is 3.38. The van der Waals surface area contributed by atoms with Crippen molar-refractivity contribution in [1.82, 2.24) is 5.32 Å². The predicted octanol–water partition coefficient (Wildman–Crippen LogP) is 0.164. The fourth-order valence-electron chi connectivity index (χ4n) is 0.262. The van der Waals surface area contributed by atoms with E-state index in [1.54, 1.807) is 7.05 Å². The largest absolute Gasteiger partial charge is 0.376 e. The number of hydrogen-bond donors (Lipinski definition) is 2. The summed E-state index contributed by atoms with van der Waals surface area (Å²) in [6, 6.07) is 0. The lowest BCUT2D eigenvalue weighted by Crippen LogP contribution is -2.19. The van der Waals surface area contributed by atoms with E-state index in [1.165, 1.54) is 0 Å². The maximum Gasteiger partial charge on any atom is 0.105 e. The van der Waals surface area contributed by atoms with Crippen LogP contribution in [-0.4, -0.2) is 25.7 Å². The molecule has 2 nitrogen and oxygen atoms in total. The molecule has 0 bridgehead atoms. The Kier molecular flexibility index (Phi) is 3.89. The summed E-state index contributed by atoms with van der Waals surface area (Å²) in [4.78, 5) is 3.85. The third kappa shape index (κ3) is 2.51. The summed E-state index contributed by atoms with van der Waals surface area (Å²) in [7, 11) is 3.57. The minimum atomic E-state index is 0.688. The predicted molar refractivity (Wildman–Crippen MR) is 36.3 cm³/mol. The fourth-order valence-corrected chi connectivity index (χ4v) is 0.561. The molecule has 0 aromatic rings. The number of amidine groups is 1. The average molecular weight is 118 g/mol. The van der Waals surface area contributed by atoms with Gasteiger partial charge >= 0.3 is 0 Å². The van der Waals surface area contributed by atoms with Gasteiger partial charge in [-0.15, -0.1) is 0 Å². The quantitative estimate of drug-likeness (QED) is 0.286. The molecular weight excluding hydrogens is 108 g/mol. The van der Waals surface area contributed by atoms with Crippen LogP contribution in [0.15, 0.2) is 4.99 Å². The Bertz CT molecular complexity index is 64.1. The molecule has 0 aromatic carbocycles. The van der Waals surface area contributed by atoms with Crippen LogP contribution in [0.25, 0.3) is 0 Å². The van der Waals surface area contributed by atoms with Gasteiger partial charge in [0.25, 0.3) is 0 Å². The molecule has 0 heterocycles. The monoisotopic (exact) mass is 118 g/mol. The Morgan fingerprint density at radius 1 is 1.86 bits per heavy atom. The molecule has 0 atom stereocenters. The van der Waals surface area contributed by atoms with Crippen LogP contribution in [0.4, 0.5) is 0 Å². The topological polar surface area (TPSA) is 24.4 Å². The van der Waals surface area contributed by atoms with E-state index in [2.05, 4.69) is 22.9 Å². The molecular formula is C4H10N2S. The number of nitrogens with one attached hydrogen (secondary N) is 1. The standard InChI is InChI=1S/C4H10N2S/c1-5-4(3-7)6-2/h7H,3H2,1-2H3,(H,5,6). The van der Waals surface area contributed by atoms with Gasteiger partial charge in [-0.3, -0.25) is 4.99 Å². The van der Waals surface area contributed by atoms with E-state index in [0.29, 0.717) is 5.75 Å². The van der Waals surface area contributed by atoms with Crippen molar-refractivity contribution in [3.63, 3.8) is 0 Å². The van der Waals surface area contributed by atoms with Gasteiger partial charge in [-0.2, -0.15) is 12.6 Å². The van der Waals surface area contributed by atoms with Gasteiger partial charge in [0.2, 0.25) is 0 Å². The van der Waals surface area contributed by atoms with E-state index in [1.807, 2.05) is 7.05 Å². The third-order valence-corrected chi connectivity index (χ3v) is 1.01. The highest BCUT2D eigenvalue weighted by Crippen LogP contribution is 1.73. The molecule has 0 aromatic heterocycles. The Hall–Kier alpha value is -0.180. The van der Waals surface area contributed by atoms with Gasteiger partial charge in [-0.1, -0.05) is 0 Å². The van der Waals surface area contributed by atoms with Crippen molar-refractivity contribution < 1.29 is 0 Å². The van der Waals surface area contributed by atoms with Crippen LogP contribution in [0.2, 0.25) is 0 Å². The van der Waals surface area contributed by atoms with E-state index >= 15 is 0 Å². The Labute approximate surface area is 49.4 Å². The van der Waals surface area contributed by atoms with Crippen molar-refractivity contribution in [3.8, 4) is 0 Å². The summed E-state index contributed by atoms with van der Waals surface area (Å²) in [6.07, 6.45) is 0. The van der Waals surface area contributed by atoms with Crippen LogP contribution < -0.4 is 5.32 Å². The first kappa shape index (κ1) is 6.82. The normalized spacial score (nSPS) is 11.6. The molecule has 0 radical (unpaired) electrons. The van der Waals surface area contributed by atoms with Crippen LogP contribution in [0, 0.1) is 0 Å². The highest BCUT2D eigenvalue weighted by molar-refractivity contribution is 7.81. The van der Waals surface area contributed by atoms with Crippen LogP contribution >= 0.6 is 12.6 Å². The van der Waals surface area contributed by atoms with Crippen molar-refractivity contribution in [2.24, 2.45) is 4.99 Å². The second-order valence-electron chi connectivity index (χ2n) is 1.08. The molecule has 0 aliphatic heterocycles. The first-order valence-corrected chi connectivity index (χ1v) is 2.72. The molecule has 0 unspecified atom stereocenters. The summed E-state index contributed by atoms with van der Waals surface area (Å²) < 4.78 is 0. The number of hydrogen-bond acceptors (Lipinski definition) is 2. The van der Waals surface area contributed by atoms with Gasteiger partial charge in [0.1, 0.15) is 5.84 Å². The fraction of sp³-hybridized carbons (Fsp3) is 0.750. The minimum absolute atomic E-state index is 0.688. The Morgan fingerprint density at radius 2 is 2.43 bits per heavy atom. The molecule has 0 aliphatic carbocycles. The molecule has 0 saturated heterocycles. The molecule has 0 saturated carbocycles. The van der Waals surface area contributed by atoms with Crippen molar-refractivity contribution in [2.45, 2.75) is 0 Å². The average Bonchev–Trinajstić information content (AvgIpc) is 1.72. The van der Waals surface area contributed by atoms with Gasteiger partial charge < -0.3 is 5.32 Å². The maximum atomic E-state index is 3.98. The van der Waals surface area contributed by atoms with Crippen molar-refractivity contribution >= 4 is 18.5 Å². The second kappa shape index (κ2) is 3.99. The highest BCUT2D eigenvalue weighted by atomic mass is 32.1. The number of rotatable bonds is 1. The van der Waals surface area contributed by atoms with E-state index in [0.717, 1.165) is 5.84 Å². The van der Waals surface area contributed by atoms with Gasteiger partial charge in [0, 0.05) is 19.8 Å². The van der Waals surface area contributed by atoms with E-state index in [-0.39, 0.29) is 0 Å². The van der Waals surface area contributed by atoms with Crippen molar-refractivity contribution in [2.75, 3.05) is 19.8 Å². The molecule has 0 amide bonds. The number of thiol groups is 1. The lowest BCUT2D eigenvalue weighted by molar-refractivity contribution is 1.14. The lowest BCUT2D eigenvalue weighted by Gasteiger charge is -1.95. The van der Waals surface area contributed by atoms with Crippen molar-refractivity contribution in [3.05, 3.63) is 0 Å². The Morgan fingerprint density at radius 3 is 2.43 bits per heavy atom. The van der Waals surface area contributed by atoms with Gasteiger partial charge in [0.15, 0.2) is 0 Å². The van der Waals surface area contributed by atoms with Crippen LogP contribution in [0.3, 0.4) is 0 Å².